The number of anilines is 1. The number of aryl methyl sites for hydroxylation is 3. The molecule has 2 aliphatic rings. The number of amides is 2. The van der Waals surface area contributed by atoms with Gasteiger partial charge in [0.1, 0.15) is 10.6 Å². The van der Waals surface area contributed by atoms with Gasteiger partial charge >= 0.3 is 0 Å². The van der Waals surface area contributed by atoms with Crippen LogP contribution in [-0.4, -0.2) is 60.2 Å². The van der Waals surface area contributed by atoms with Gasteiger partial charge in [0.05, 0.1) is 0 Å². The van der Waals surface area contributed by atoms with Gasteiger partial charge in [-0.15, -0.1) is 0 Å². The van der Waals surface area contributed by atoms with Crippen LogP contribution in [0.15, 0.2) is 35.4 Å². The van der Waals surface area contributed by atoms with Gasteiger partial charge in [-0.2, -0.15) is 4.31 Å². The summed E-state index contributed by atoms with van der Waals surface area (Å²) in [5.74, 6) is -0.437. The summed E-state index contributed by atoms with van der Waals surface area (Å²) in [6.45, 7) is 6.00. The summed E-state index contributed by atoms with van der Waals surface area (Å²) in [5, 5.41) is 2.96. The number of nitrogens with zero attached hydrogens (tertiary/aromatic N) is 3. The lowest BCUT2D eigenvalue weighted by molar-refractivity contribution is -0.120. The number of rotatable bonds is 5. The number of likely N-dealkylation sites (tertiary alicyclic amines) is 1. The molecule has 2 saturated heterocycles. The molecule has 4 rings (SSSR count). The van der Waals surface area contributed by atoms with Crippen LogP contribution in [-0.2, 0) is 21.9 Å². The zero-order valence-corrected chi connectivity index (χ0v) is 20.3. The topological polar surface area (TPSA) is 91.7 Å². The molecule has 2 aromatic rings. The number of sulfonamides is 1. The summed E-state index contributed by atoms with van der Waals surface area (Å²) in [4.78, 5) is 27.4. The van der Waals surface area contributed by atoms with Crippen LogP contribution < -0.4 is 5.32 Å². The zero-order chi connectivity index (χ0) is 23.8. The summed E-state index contributed by atoms with van der Waals surface area (Å²) in [7, 11) is -2.03. The van der Waals surface area contributed by atoms with Crippen molar-refractivity contribution in [1.29, 1.82) is 0 Å². The van der Waals surface area contributed by atoms with E-state index in [1.807, 2.05) is 32.0 Å². The van der Waals surface area contributed by atoms with Gasteiger partial charge in [-0.25, -0.2) is 8.42 Å². The van der Waals surface area contributed by atoms with E-state index in [4.69, 9.17) is 0 Å². The number of piperidine rings is 1. The van der Waals surface area contributed by atoms with Gasteiger partial charge in [0.15, 0.2) is 0 Å². The molecule has 0 bridgehead atoms. The number of hydrogen-bond acceptors (Lipinski definition) is 4. The van der Waals surface area contributed by atoms with E-state index in [0.29, 0.717) is 31.6 Å². The van der Waals surface area contributed by atoms with Gasteiger partial charge in [0.25, 0.3) is 5.91 Å². The van der Waals surface area contributed by atoms with E-state index in [2.05, 4.69) is 5.32 Å². The monoisotopic (exact) mass is 472 g/mol. The van der Waals surface area contributed by atoms with E-state index in [1.54, 1.807) is 16.5 Å². The second-order valence-corrected chi connectivity index (χ2v) is 11.1. The Labute approximate surface area is 195 Å². The van der Waals surface area contributed by atoms with Crippen molar-refractivity contribution in [2.24, 2.45) is 13.0 Å². The summed E-state index contributed by atoms with van der Waals surface area (Å²) in [6.07, 6.45) is 4.39. The minimum atomic E-state index is -3.73. The van der Waals surface area contributed by atoms with Gasteiger partial charge in [-0.3, -0.25) is 9.59 Å². The average molecular weight is 473 g/mol. The highest BCUT2D eigenvalue weighted by atomic mass is 32.2. The van der Waals surface area contributed by atoms with Crippen LogP contribution in [0.2, 0.25) is 0 Å². The van der Waals surface area contributed by atoms with Crippen LogP contribution >= 0.6 is 0 Å². The molecule has 1 aromatic heterocycles. The van der Waals surface area contributed by atoms with Crippen LogP contribution in [0.1, 0.15) is 47.3 Å². The van der Waals surface area contributed by atoms with E-state index in [1.165, 1.54) is 16.6 Å². The Morgan fingerprint density at radius 3 is 2.27 bits per heavy atom. The summed E-state index contributed by atoms with van der Waals surface area (Å²) < 4.78 is 29.5. The predicted molar refractivity (Wildman–Crippen MR) is 127 cm³/mol. The summed E-state index contributed by atoms with van der Waals surface area (Å²) in [5.41, 5.74) is 3.42. The molecule has 1 aromatic carbocycles. The first-order valence-electron chi connectivity index (χ1n) is 11.5. The molecule has 1 N–H and O–H groups in total. The van der Waals surface area contributed by atoms with Crippen molar-refractivity contribution in [3.63, 3.8) is 0 Å². The first kappa shape index (κ1) is 23.5. The fourth-order valence-electron chi connectivity index (χ4n) is 4.54. The Morgan fingerprint density at radius 2 is 1.64 bits per heavy atom. The second-order valence-electron chi connectivity index (χ2n) is 9.14. The quantitative estimate of drug-likeness (QED) is 0.724. The summed E-state index contributed by atoms with van der Waals surface area (Å²) >= 11 is 0. The fraction of sp³-hybridized carbons (Fsp3) is 0.500. The van der Waals surface area contributed by atoms with Crippen molar-refractivity contribution in [2.45, 2.75) is 44.4 Å². The van der Waals surface area contributed by atoms with Gasteiger partial charge in [-0.05, 0) is 68.9 Å². The maximum absolute atomic E-state index is 13.2. The van der Waals surface area contributed by atoms with E-state index in [9.17, 15) is 18.0 Å². The highest BCUT2D eigenvalue weighted by molar-refractivity contribution is 7.89. The largest absolute Gasteiger partial charge is 0.345 e. The molecule has 2 amide bonds. The smallest absolute Gasteiger partial charge is 0.270 e. The molecule has 0 unspecified atom stereocenters. The molecule has 0 spiro atoms. The first-order chi connectivity index (χ1) is 15.7. The molecule has 0 atom stereocenters. The van der Waals surface area contributed by atoms with Crippen molar-refractivity contribution in [1.82, 2.24) is 13.8 Å². The van der Waals surface area contributed by atoms with E-state index in [-0.39, 0.29) is 35.7 Å². The SMILES string of the molecule is Cc1ccc(NC(=O)C2CCN(S(=O)(=O)c3cc(C(=O)N4CCCC4)n(C)c3)CC2)cc1C. The predicted octanol–water partition coefficient (Wildman–Crippen LogP) is 2.92. The fourth-order valence-corrected chi connectivity index (χ4v) is 6.08. The van der Waals surface area contributed by atoms with E-state index < -0.39 is 10.0 Å². The number of carbonyl (C=O) groups is 2. The maximum Gasteiger partial charge on any atom is 0.270 e. The standard InChI is InChI=1S/C24H32N4O4S/c1-17-6-7-20(14-18(17)2)25-23(29)19-8-12-28(13-9-19)33(31,32)21-15-22(26(3)16-21)24(30)27-10-4-5-11-27/h6-7,14-16,19H,4-5,8-13H2,1-3H3,(H,25,29). The third-order valence-corrected chi connectivity index (χ3v) is 8.69. The molecular formula is C24H32N4O4S. The van der Waals surface area contributed by atoms with Crippen LogP contribution in [0, 0.1) is 19.8 Å². The molecule has 2 aliphatic heterocycles. The molecular weight excluding hydrogens is 440 g/mol. The van der Waals surface area contributed by atoms with E-state index in [0.717, 1.165) is 29.7 Å². The highest BCUT2D eigenvalue weighted by Crippen LogP contribution is 2.27. The van der Waals surface area contributed by atoms with Crippen LogP contribution in [0.3, 0.4) is 0 Å². The Kier molecular flexibility index (Phi) is 6.63. The lowest BCUT2D eigenvalue weighted by atomic mass is 9.97. The third kappa shape index (κ3) is 4.84. The highest BCUT2D eigenvalue weighted by Gasteiger charge is 2.34. The minimum absolute atomic E-state index is 0.0755. The van der Waals surface area contributed by atoms with Crippen molar-refractivity contribution >= 4 is 27.5 Å². The molecule has 9 heteroatoms. The molecule has 8 nitrogen and oxygen atoms in total. The number of aromatic nitrogens is 1. The van der Waals surface area contributed by atoms with Crippen molar-refractivity contribution in [3.8, 4) is 0 Å². The maximum atomic E-state index is 13.2. The summed E-state index contributed by atoms with van der Waals surface area (Å²) in [6, 6.07) is 7.29. The van der Waals surface area contributed by atoms with Crippen molar-refractivity contribution in [3.05, 3.63) is 47.3 Å². The van der Waals surface area contributed by atoms with E-state index >= 15 is 0 Å². The number of benzene rings is 1. The Hall–Kier alpha value is -2.65. The van der Waals surface area contributed by atoms with Crippen molar-refractivity contribution < 1.29 is 18.0 Å². The Bertz CT molecular complexity index is 1160. The molecule has 0 aliphatic carbocycles. The number of hydrogen-bond donors (Lipinski definition) is 1. The zero-order valence-electron chi connectivity index (χ0n) is 19.5. The Balaban J connectivity index is 1.39. The molecule has 178 valence electrons. The minimum Gasteiger partial charge on any atom is -0.345 e. The number of carbonyl (C=O) groups excluding carboxylic acids is 2. The molecule has 2 fully saturated rings. The van der Waals surface area contributed by atoms with Gasteiger partial charge in [0, 0.05) is 51.0 Å². The molecule has 3 heterocycles. The lowest BCUT2D eigenvalue weighted by Crippen LogP contribution is -2.41. The van der Waals surface area contributed by atoms with Crippen molar-refractivity contribution in [2.75, 3.05) is 31.5 Å². The van der Waals surface area contributed by atoms with Crippen LogP contribution in [0.5, 0.6) is 0 Å². The van der Waals surface area contributed by atoms with Gasteiger partial charge in [-0.1, -0.05) is 6.07 Å². The molecule has 0 saturated carbocycles. The first-order valence-corrected chi connectivity index (χ1v) is 12.9. The van der Waals surface area contributed by atoms with Gasteiger partial charge < -0.3 is 14.8 Å². The van der Waals surface area contributed by atoms with Crippen LogP contribution in [0.25, 0.3) is 0 Å². The number of nitrogens with one attached hydrogen (secondary N) is 1. The molecule has 33 heavy (non-hydrogen) atoms. The normalized spacial score (nSPS) is 18.0. The van der Waals surface area contributed by atoms with Gasteiger partial charge in [0.2, 0.25) is 15.9 Å². The lowest BCUT2D eigenvalue weighted by Gasteiger charge is -2.30. The average Bonchev–Trinajstić information content (AvgIpc) is 3.46. The molecule has 0 radical (unpaired) electrons. The second kappa shape index (κ2) is 9.30. The van der Waals surface area contributed by atoms with Crippen LogP contribution in [0.4, 0.5) is 5.69 Å². The third-order valence-electron chi connectivity index (χ3n) is 6.83. The Morgan fingerprint density at radius 1 is 0.970 bits per heavy atom.